The molecule has 3 N–H and O–H groups in total. The van der Waals surface area contributed by atoms with Crippen molar-refractivity contribution in [3.8, 4) is 0 Å². The fourth-order valence-corrected chi connectivity index (χ4v) is 3.40. The molecule has 0 aromatic heterocycles. The summed E-state index contributed by atoms with van der Waals surface area (Å²) in [4.78, 5) is 0.0259. The number of benzene rings is 2. The van der Waals surface area contributed by atoms with Crippen LogP contribution in [0.2, 0.25) is 10.0 Å². The molecular weight excluding hydrogens is 331 g/mol. The summed E-state index contributed by atoms with van der Waals surface area (Å²) >= 11 is 11.6. The molecule has 0 unspecified atom stereocenters. The van der Waals surface area contributed by atoms with Crippen molar-refractivity contribution >= 4 is 38.9 Å². The summed E-state index contributed by atoms with van der Waals surface area (Å²) in [6, 6.07) is 11.6. The number of nitrogen functional groups attached to an aromatic ring is 1. The van der Waals surface area contributed by atoms with Gasteiger partial charge in [-0.1, -0.05) is 35.3 Å². The van der Waals surface area contributed by atoms with Gasteiger partial charge in [0.1, 0.15) is 4.90 Å². The number of rotatable bonds is 5. The lowest BCUT2D eigenvalue weighted by molar-refractivity contribution is 0.582. The standard InChI is InChI=1S/C14H14Cl2N2O2S/c15-11-3-1-2-10(8-11)6-7-18-21(19,20)14-5-4-12(16)9-13(14)17/h1-5,8-9,18H,6-7,17H2. The maximum Gasteiger partial charge on any atom is 0.242 e. The van der Waals surface area contributed by atoms with Crippen LogP contribution in [0.15, 0.2) is 47.4 Å². The molecule has 2 aromatic carbocycles. The smallest absolute Gasteiger partial charge is 0.242 e. The molecule has 112 valence electrons. The normalized spacial score (nSPS) is 11.5. The Bertz CT molecular complexity index is 748. The summed E-state index contributed by atoms with van der Waals surface area (Å²) < 4.78 is 26.8. The summed E-state index contributed by atoms with van der Waals surface area (Å²) in [5, 5.41) is 1.02. The first kappa shape index (κ1) is 16.1. The van der Waals surface area contributed by atoms with E-state index in [-0.39, 0.29) is 17.1 Å². The molecule has 0 radical (unpaired) electrons. The lowest BCUT2D eigenvalue weighted by atomic mass is 10.2. The van der Waals surface area contributed by atoms with Gasteiger partial charge < -0.3 is 5.73 Å². The molecule has 0 spiro atoms. The van der Waals surface area contributed by atoms with Crippen LogP contribution in [0.25, 0.3) is 0 Å². The van der Waals surface area contributed by atoms with Crippen molar-refractivity contribution in [3.63, 3.8) is 0 Å². The molecule has 0 bridgehead atoms. The minimum absolute atomic E-state index is 0.0259. The number of nitrogens with one attached hydrogen (secondary N) is 1. The quantitative estimate of drug-likeness (QED) is 0.818. The number of halogens is 2. The molecule has 2 rings (SSSR count). The van der Waals surface area contributed by atoms with Gasteiger partial charge in [0, 0.05) is 16.6 Å². The first-order valence-electron chi connectivity index (χ1n) is 6.17. The van der Waals surface area contributed by atoms with E-state index in [2.05, 4.69) is 4.72 Å². The van der Waals surface area contributed by atoms with E-state index < -0.39 is 10.0 Å². The predicted molar refractivity (Wildman–Crippen MR) is 86.2 cm³/mol. The lowest BCUT2D eigenvalue weighted by Gasteiger charge is -2.09. The second-order valence-electron chi connectivity index (χ2n) is 4.46. The van der Waals surface area contributed by atoms with Crippen molar-refractivity contribution in [1.29, 1.82) is 0 Å². The van der Waals surface area contributed by atoms with Gasteiger partial charge in [-0.3, -0.25) is 0 Å². The minimum Gasteiger partial charge on any atom is -0.398 e. The monoisotopic (exact) mass is 344 g/mol. The van der Waals surface area contributed by atoms with Gasteiger partial charge in [-0.05, 0) is 42.3 Å². The van der Waals surface area contributed by atoms with Crippen molar-refractivity contribution in [2.75, 3.05) is 12.3 Å². The molecule has 0 aliphatic heterocycles. The van der Waals surface area contributed by atoms with Crippen LogP contribution in [0.1, 0.15) is 5.56 Å². The van der Waals surface area contributed by atoms with Crippen molar-refractivity contribution in [1.82, 2.24) is 4.72 Å². The van der Waals surface area contributed by atoms with Crippen molar-refractivity contribution < 1.29 is 8.42 Å². The van der Waals surface area contributed by atoms with E-state index in [1.165, 1.54) is 18.2 Å². The largest absolute Gasteiger partial charge is 0.398 e. The molecule has 0 aliphatic rings. The number of hydrogen-bond acceptors (Lipinski definition) is 3. The summed E-state index contributed by atoms with van der Waals surface area (Å²) in [6.45, 7) is 0.255. The molecule has 21 heavy (non-hydrogen) atoms. The summed E-state index contributed by atoms with van der Waals surface area (Å²) in [5.41, 5.74) is 6.77. The first-order chi connectivity index (χ1) is 9.88. The van der Waals surface area contributed by atoms with Gasteiger partial charge in [0.25, 0.3) is 0 Å². The second kappa shape index (κ2) is 6.66. The van der Waals surface area contributed by atoms with Gasteiger partial charge in [0.2, 0.25) is 10.0 Å². The van der Waals surface area contributed by atoms with Crippen LogP contribution in [-0.4, -0.2) is 15.0 Å². The summed E-state index contributed by atoms with van der Waals surface area (Å²) in [7, 11) is -3.65. The maximum absolute atomic E-state index is 12.2. The average molecular weight is 345 g/mol. The Labute approximate surface area is 133 Å². The third-order valence-corrected chi connectivity index (χ3v) is 4.86. The van der Waals surface area contributed by atoms with Crippen molar-refractivity contribution in [3.05, 3.63) is 58.1 Å². The van der Waals surface area contributed by atoms with Crippen LogP contribution in [0.4, 0.5) is 5.69 Å². The summed E-state index contributed by atoms with van der Waals surface area (Å²) in [5.74, 6) is 0. The Morgan fingerprint density at radius 2 is 1.76 bits per heavy atom. The molecular formula is C14H14Cl2N2O2S. The Morgan fingerprint density at radius 1 is 1.05 bits per heavy atom. The molecule has 7 heteroatoms. The van der Waals surface area contributed by atoms with E-state index in [1.54, 1.807) is 12.1 Å². The zero-order valence-electron chi connectivity index (χ0n) is 11.0. The highest BCUT2D eigenvalue weighted by atomic mass is 35.5. The fraction of sp³-hybridized carbons (Fsp3) is 0.143. The highest BCUT2D eigenvalue weighted by Gasteiger charge is 2.16. The van der Waals surface area contributed by atoms with Crippen molar-refractivity contribution in [2.45, 2.75) is 11.3 Å². The van der Waals surface area contributed by atoms with Gasteiger partial charge >= 0.3 is 0 Å². The van der Waals surface area contributed by atoms with Gasteiger partial charge in [-0.15, -0.1) is 0 Å². The third kappa shape index (κ3) is 4.35. The van der Waals surface area contributed by atoms with Gasteiger partial charge in [-0.25, -0.2) is 13.1 Å². The Balaban J connectivity index is 2.05. The van der Waals surface area contributed by atoms with Crippen molar-refractivity contribution in [2.24, 2.45) is 0 Å². The minimum atomic E-state index is -3.65. The highest BCUT2D eigenvalue weighted by molar-refractivity contribution is 7.89. The molecule has 0 fully saturated rings. The van der Waals surface area contributed by atoms with E-state index in [4.69, 9.17) is 28.9 Å². The van der Waals surface area contributed by atoms with Gasteiger partial charge in [0.15, 0.2) is 0 Å². The fourth-order valence-electron chi connectivity index (χ4n) is 1.86. The van der Waals surface area contributed by atoms with E-state index >= 15 is 0 Å². The topological polar surface area (TPSA) is 72.2 Å². The number of sulfonamides is 1. The maximum atomic E-state index is 12.2. The van der Waals surface area contributed by atoms with Gasteiger partial charge in [0.05, 0.1) is 5.69 Å². The third-order valence-electron chi connectivity index (χ3n) is 2.86. The molecule has 2 aromatic rings. The molecule has 0 atom stereocenters. The molecule has 0 saturated carbocycles. The van der Waals surface area contributed by atoms with E-state index in [0.29, 0.717) is 16.5 Å². The average Bonchev–Trinajstić information content (AvgIpc) is 2.38. The van der Waals surface area contributed by atoms with E-state index in [0.717, 1.165) is 5.56 Å². The summed E-state index contributed by atoms with van der Waals surface area (Å²) in [6.07, 6.45) is 0.535. The Kier molecular flexibility index (Phi) is 5.11. The van der Waals surface area contributed by atoms with E-state index in [1.807, 2.05) is 12.1 Å². The lowest BCUT2D eigenvalue weighted by Crippen LogP contribution is -2.26. The molecule has 4 nitrogen and oxygen atoms in total. The SMILES string of the molecule is Nc1cc(Cl)ccc1S(=O)(=O)NCCc1cccc(Cl)c1. The molecule has 0 amide bonds. The van der Waals surface area contributed by atoms with Crippen LogP contribution in [-0.2, 0) is 16.4 Å². The molecule has 0 aliphatic carbocycles. The number of nitrogens with two attached hydrogens (primary N) is 1. The Hall–Kier alpha value is -1.27. The highest BCUT2D eigenvalue weighted by Crippen LogP contribution is 2.22. The Morgan fingerprint density at radius 3 is 2.43 bits per heavy atom. The number of anilines is 1. The van der Waals surface area contributed by atoms with Crippen LogP contribution in [0.3, 0.4) is 0 Å². The van der Waals surface area contributed by atoms with E-state index in [9.17, 15) is 8.42 Å². The van der Waals surface area contributed by atoms with Crippen LogP contribution < -0.4 is 10.5 Å². The van der Waals surface area contributed by atoms with Crippen LogP contribution in [0.5, 0.6) is 0 Å². The molecule has 0 saturated heterocycles. The first-order valence-corrected chi connectivity index (χ1v) is 8.41. The molecule has 0 heterocycles. The zero-order chi connectivity index (χ0) is 15.5. The van der Waals surface area contributed by atoms with Gasteiger partial charge in [-0.2, -0.15) is 0 Å². The van der Waals surface area contributed by atoms with Crippen LogP contribution in [0, 0.1) is 0 Å². The zero-order valence-corrected chi connectivity index (χ0v) is 13.3. The second-order valence-corrected chi connectivity index (χ2v) is 7.07. The van der Waals surface area contributed by atoms with Crippen LogP contribution >= 0.6 is 23.2 Å². The predicted octanol–water partition coefficient (Wildman–Crippen LogP) is 3.10. The number of hydrogen-bond donors (Lipinski definition) is 2.